The number of fused-ring (bicyclic) bond motifs is 2. The number of aliphatic hydroxyl groups is 1. The van der Waals surface area contributed by atoms with Crippen LogP contribution in [0.2, 0.25) is 0 Å². The Morgan fingerprint density at radius 2 is 1.89 bits per heavy atom. The Hall–Kier alpha value is -3.01. The van der Waals surface area contributed by atoms with Crippen LogP contribution in [0.25, 0.3) is 6.08 Å². The summed E-state index contributed by atoms with van der Waals surface area (Å²) in [6, 6.07) is 16.7. The first-order chi connectivity index (χ1) is 18.2. The van der Waals surface area contributed by atoms with Gasteiger partial charge in [0.05, 0.1) is 17.7 Å². The fraction of sp³-hybridized carbons (Fsp3) is 0.448. The van der Waals surface area contributed by atoms with Gasteiger partial charge >= 0.3 is 0 Å². The van der Waals surface area contributed by atoms with Crippen molar-refractivity contribution in [2.24, 2.45) is 11.8 Å². The van der Waals surface area contributed by atoms with Crippen molar-refractivity contribution >= 4 is 27.7 Å². The number of nitrogens with zero attached hydrogens (tertiary/aromatic N) is 1. The molecule has 6 unspecified atom stereocenters. The third kappa shape index (κ3) is 3.90. The summed E-state index contributed by atoms with van der Waals surface area (Å²) in [6.45, 7) is 3.53. The Bertz CT molecular complexity index is 1390. The quantitative estimate of drug-likeness (QED) is 0.550. The van der Waals surface area contributed by atoms with Gasteiger partial charge in [0.25, 0.3) is 0 Å². The van der Waals surface area contributed by atoms with E-state index in [2.05, 4.69) is 15.5 Å². The Morgan fingerprint density at radius 3 is 2.68 bits per heavy atom. The van der Waals surface area contributed by atoms with Crippen LogP contribution in [0, 0.1) is 11.8 Å². The Balaban J connectivity index is 1.27. The van der Waals surface area contributed by atoms with Crippen LogP contribution in [0.1, 0.15) is 41.7 Å². The summed E-state index contributed by atoms with van der Waals surface area (Å²) in [5.74, 6) is -2.27. The van der Waals surface area contributed by atoms with E-state index in [1.165, 1.54) is 0 Å². The van der Waals surface area contributed by atoms with E-state index in [0.717, 1.165) is 24.1 Å². The number of carbonyl (C=O) groups is 2. The summed E-state index contributed by atoms with van der Waals surface area (Å²) in [6.07, 6.45) is 4.09. The molecule has 2 amide bonds. The fourth-order valence-electron chi connectivity index (χ4n) is 7.11. The number of hydrogen-bond acceptors (Lipinski definition) is 6. The normalized spacial score (nSPS) is 35.5. The summed E-state index contributed by atoms with van der Waals surface area (Å²) in [7, 11) is -4.02. The highest BCUT2D eigenvalue weighted by molar-refractivity contribution is 7.93. The third-order valence-corrected chi connectivity index (χ3v) is 11.4. The average molecular weight is 536 g/mol. The molecule has 0 saturated carbocycles. The maximum Gasteiger partial charge on any atom is 0.239 e. The molecule has 3 saturated heterocycles. The summed E-state index contributed by atoms with van der Waals surface area (Å²) in [5.41, 5.74) is 1.36. The van der Waals surface area contributed by atoms with Crippen molar-refractivity contribution in [3.8, 4) is 0 Å². The van der Waals surface area contributed by atoms with E-state index in [1.54, 1.807) is 25.1 Å². The van der Waals surface area contributed by atoms with E-state index in [-0.39, 0.29) is 5.91 Å². The maximum absolute atomic E-state index is 14.1. The first-order valence-electron chi connectivity index (χ1n) is 13.3. The van der Waals surface area contributed by atoms with E-state index >= 15 is 0 Å². The zero-order valence-electron chi connectivity index (χ0n) is 21.3. The molecule has 8 nitrogen and oxygen atoms in total. The monoisotopic (exact) mass is 535 g/mol. The lowest BCUT2D eigenvalue weighted by atomic mass is 9.72. The number of sulfone groups is 1. The van der Waals surface area contributed by atoms with Crippen LogP contribution in [0.3, 0.4) is 0 Å². The first-order valence-corrected chi connectivity index (χ1v) is 14.9. The van der Waals surface area contributed by atoms with Gasteiger partial charge in [0, 0.05) is 24.9 Å². The van der Waals surface area contributed by atoms with Crippen molar-refractivity contribution in [2.45, 2.75) is 54.5 Å². The first kappa shape index (κ1) is 25.3. The zero-order chi connectivity index (χ0) is 26.7. The summed E-state index contributed by atoms with van der Waals surface area (Å²) >= 11 is 0. The smallest absolute Gasteiger partial charge is 0.239 e. The molecule has 3 fully saturated rings. The minimum atomic E-state index is -4.02. The number of likely N-dealkylation sites (tertiary alicyclic amines) is 1. The predicted octanol–water partition coefficient (Wildman–Crippen LogP) is 1.81. The Labute approximate surface area is 223 Å². The number of rotatable bonds is 4. The molecule has 6 rings (SSSR count). The molecular weight excluding hydrogens is 502 g/mol. The van der Waals surface area contributed by atoms with Crippen molar-refractivity contribution in [3.63, 3.8) is 0 Å². The number of nitrogens with one attached hydrogen (secondary N) is 2. The molecule has 3 aliphatic heterocycles. The standard InChI is InChI=1S/C29H33N3O5S/c1-18-24-25(28(35)30-22-12-7-15-32(17-23(22)33)16-19-8-3-2-4-9-19)38(36,37)26-21-11-6-5-10-20(21)13-14-29(24,26)31-27(18)34/h2-6,8-11,13-14,18,22-26,33H,7,12,15-17H2,1H3,(H,30,35)(H,31,34)/t18?,22?,23-,24?,25?,26?,29?/m0/s1. The van der Waals surface area contributed by atoms with Crippen LogP contribution in [0.4, 0.5) is 0 Å². The zero-order valence-corrected chi connectivity index (χ0v) is 22.1. The lowest BCUT2D eigenvalue weighted by molar-refractivity contribution is -0.124. The van der Waals surface area contributed by atoms with Gasteiger partial charge in [-0.1, -0.05) is 73.7 Å². The third-order valence-electron chi connectivity index (χ3n) is 8.84. The predicted molar refractivity (Wildman–Crippen MR) is 143 cm³/mol. The van der Waals surface area contributed by atoms with E-state index in [9.17, 15) is 23.1 Å². The largest absolute Gasteiger partial charge is 0.390 e. The number of aliphatic hydroxyl groups excluding tert-OH is 1. The Kier molecular flexibility index (Phi) is 6.20. The number of amides is 2. The maximum atomic E-state index is 14.1. The van der Waals surface area contributed by atoms with Crippen molar-refractivity contribution in [3.05, 3.63) is 77.4 Å². The van der Waals surface area contributed by atoms with E-state index < -0.39 is 55.8 Å². The van der Waals surface area contributed by atoms with Crippen LogP contribution in [-0.4, -0.2) is 66.3 Å². The molecule has 0 aromatic heterocycles. The van der Waals surface area contributed by atoms with Crippen LogP contribution >= 0.6 is 0 Å². The summed E-state index contributed by atoms with van der Waals surface area (Å²) in [4.78, 5) is 28.9. The van der Waals surface area contributed by atoms with E-state index in [1.807, 2.05) is 48.5 Å². The van der Waals surface area contributed by atoms with Crippen LogP contribution in [0.15, 0.2) is 60.7 Å². The highest BCUT2D eigenvalue weighted by atomic mass is 32.2. The lowest BCUT2D eigenvalue weighted by Crippen LogP contribution is -2.52. The second kappa shape index (κ2) is 9.32. The molecule has 2 aromatic carbocycles. The number of carbonyl (C=O) groups excluding carboxylic acids is 2. The van der Waals surface area contributed by atoms with Gasteiger partial charge in [-0.2, -0.15) is 0 Å². The van der Waals surface area contributed by atoms with E-state index in [0.29, 0.717) is 25.1 Å². The van der Waals surface area contributed by atoms with E-state index in [4.69, 9.17) is 0 Å². The molecular formula is C29H33N3O5S. The van der Waals surface area contributed by atoms with Gasteiger partial charge in [-0.05, 0) is 36.1 Å². The Morgan fingerprint density at radius 1 is 1.16 bits per heavy atom. The summed E-state index contributed by atoms with van der Waals surface area (Å²) < 4.78 is 28.2. The lowest BCUT2D eigenvalue weighted by Gasteiger charge is -2.35. The molecule has 0 radical (unpaired) electrons. The second-order valence-corrected chi connectivity index (χ2v) is 13.3. The van der Waals surface area contributed by atoms with Crippen molar-refractivity contribution in [1.29, 1.82) is 0 Å². The molecule has 0 bridgehead atoms. The molecule has 2 aromatic rings. The fourth-order valence-corrected chi connectivity index (χ4v) is 10.0. The molecule has 38 heavy (non-hydrogen) atoms. The molecule has 7 atom stereocenters. The van der Waals surface area contributed by atoms with Gasteiger partial charge < -0.3 is 15.7 Å². The molecule has 200 valence electrons. The highest BCUT2D eigenvalue weighted by Crippen LogP contribution is 2.58. The molecule has 3 N–H and O–H groups in total. The van der Waals surface area contributed by atoms with Crippen molar-refractivity contribution < 1.29 is 23.1 Å². The molecule has 1 spiro atoms. The van der Waals surface area contributed by atoms with Crippen molar-refractivity contribution in [1.82, 2.24) is 15.5 Å². The SMILES string of the molecule is CC1C(=O)NC23C=Cc4ccccc4C2S(=O)(=O)C(C(=O)NC2CCCN(Cc4ccccc4)C[C@@H]2O)C13. The minimum absolute atomic E-state index is 0.247. The molecule has 1 aliphatic carbocycles. The number of β-amino-alcohol motifs (C(OH)–C–C–N with tert-alkyl or cyclic N) is 1. The van der Waals surface area contributed by atoms with Crippen molar-refractivity contribution in [2.75, 3.05) is 13.1 Å². The summed E-state index contributed by atoms with van der Waals surface area (Å²) in [5, 5.41) is 14.5. The van der Waals surface area contributed by atoms with Crippen LogP contribution < -0.4 is 10.6 Å². The number of hydrogen-bond donors (Lipinski definition) is 3. The van der Waals surface area contributed by atoms with Crippen LogP contribution in [0.5, 0.6) is 0 Å². The molecule has 4 aliphatic rings. The van der Waals surface area contributed by atoms with Gasteiger partial charge in [-0.3, -0.25) is 14.5 Å². The van der Waals surface area contributed by atoms with Gasteiger partial charge in [-0.25, -0.2) is 8.42 Å². The number of benzene rings is 2. The topological polar surface area (TPSA) is 116 Å². The van der Waals surface area contributed by atoms with Gasteiger partial charge in [-0.15, -0.1) is 0 Å². The van der Waals surface area contributed by atoms with Crippen LogP contribution in [-0.2, 0) is 26.0 Å². The average Bonchev–Trinajstić information content (AvgIpc) is 3.15. The molecule has 3 heterocycles. The molecule has 9 heteroatoms. The second-order valence-electron chi connectivity index (χ2n) is 11.1. The van der Waals surface area contributed by atoms with Gasteiger partial charge in [0.2, 0.25) is 11.8 Å². The van der Waals surface area contributed by atoms with Gasteiger partial charge in [0.1, 0.15) is 10.5 Å². The highest BCUT2D eigenvalue weighted by Gasteiger charge is 2.72. The minimum Gasteiger partial charge on any atom is -0.390 e. The van der Waals surface area contributed by atoms with Gasteiger partial charge in [0.15, 0.2) is 9.84 Å².